The molecule has 1 atom stereocenters. The van der Waals surface area contributed by atoms with Crippen LogP contribution in [0.5, 0.6) is 5.75 Å². The second-order valence-electron chi connectivity index (χ2n) is 7.56. The summed E-state index contributed by atoms with van der Waals surface area (Å²) in [4.78, 5) is 16.0. The number of fused-ring (bicyclic) bond motifs is 1. The third-order valence-corrected chi connectivity index (χ3v) is 5.23. The first kappa shape index (κ1) is 21.6. The second kappa shape index (κ2) is 9.61. The highest BCUT2D eigenvalue weighted by atomic mass is 16.5. The van der Waals surface area contributed by atoms with E-state index >= 15 is 0 Å². The van der Waals surface area contributed by atoms with Crippen molar-refractivity contribution in [2.45, 2.75) is 33.6 Å². The topological polar surface area (TPSA) is 53.4 Å². The van der Waals surface area contributed by atoms with E-state index in [-0.39, 0.29) is 5.92 Å². The lowest BCUT2D eigenvalue weighted by Crippen LogP contribution is -2.16. The summed E-state index contributed by atoms with van der Waals surface area (Å²) in [6.45, 7) is 10.4. The van der Waals surface area contributed by atoms with Gasteiger partial charge in [-0.1, -0.05) is 27.4 Å². The van der Waals surface area contributed by atoms with Crippen LogP contribution in [0, 0.1) is 5.92 Å². The molecule has 3 aromatic rings. The number of esters is 1. The molecule has 1 aromatic carbocycles. The van der Waals surface area contributed by atoms with Crippen molar-refractivity contribution in [2.75, 3.05) is 13.2 Å². The van der Waals surface area contributed by atoms with Gasteiger partial charge >= 0.3 is 5.97 Å². The van der Waals surface area contributed by atoms with Gasteiger partial charge in [0.25, 0.3) is 0 Å². The Bertz CT molecular complexity index is 1050. The van der Waals surface area contributed by atoms with Gasteiger partial charge in [-0.2, -0.15) is 0 Å². The van der Waals surface area contributed by atoms with Crippen LogP contribution < -0.4 is 4.74 Å². The van der Waals surface area contributed by atoms with Crippen molar-refractivity contribution in [3.8, 4) is 17.0 Å². The highest BCUT2D eigenvalue weighted by molar-refractivity contribution is 5.88. The molecule has 0 aliphatic heterocycles. The van der Waals surface area contributed by atoms with Crippen molar-refractivity contribution in [1.82, 2.24) is 9.55 Å². The van der Waals surface area contributed by atoms with Crippen molar-refractivity contribution >= 4 is 16.9 Å². The van der Waals surface area contributed by atoms with E-state index in [9.17, 15) is 4.79 Å². The lowest BCUT2D eigenvalue weighted by Gasteiger charge is -2.13. The standard InChI is InChI=1S/C25H30N2O3/c1-6-19-10-12-21(22(7-2)26-19)24-13-18-9-11-20(14-23(18)27(24)5)29-15-17(4)16-30-25(28)8-3/h8-14,17H,3,6-7,15-16H2,1-2,4-5H3. The Balaban J connectivity index is 1.81. The molecule has 2 aromatic heterocycles. The van der Waals surface area contributed by atoms with E-state index < -0.39 is 5.97 Å². The van der Waals surface area contributed by atoms with E-state index in [2.05, 4.69) is 62.4 Å². The SMILES string of the molecule is C=CC(=O)OCC(C)COc1ccc2cc(-c3ccc(CC)nc3CC)n(C)c2c1. The highest BCUT2D eigenvalue weighted by Crippen LogP contribution is 2.31. The minimum atomic E-state index is -0.410. The number of nitrogens with zero attached hydrogens (tertiary/aromatic N) is 2. The number of ether oxygens (including phenoxy) is 2. The van der Waals surface area contributed by atoms with Crippen LogP contribution in [0.15, 0.2) is 49.1 Å². The Morgan fingerprint density at radius 2 is 1.97 bits per heavy atom. The molecular formula is C25H30N2O3. The lowest BCUT2D eigenvalue weighted by atomic mass is 10.1. The van der Waals surface area contributed by atoms with Gasteiger partial charge in [-0.05, 0) is 43.2 Å². The van der Waals surface area contributed by atoms with Gasteiger partial charge in [-0.25, -0.2) is 4.79 Å². The number of aryl methyl sites for hydroxylation is 3. The molecule has 0 fully saturated rings. The van der Waals surface area contributed by atoms with E-state index in [0.29, 0.717) is 13.2 Å². The highest BCUT2D eigenvalue weighted by Gasteiger charge is 2.14. The third kappa shape index (κ3) is 4.73. The molecule has 1 unspecified atom stereocenters. The molecule has 2 heterocycles. The quantitative estimate of drug-likeness (QED) is 0.366. The van der Waals surface area contributed by atoms with E-state index in [1.165, 1.54) is 11.6 Å². The average Bonchev–Trinajstić information content (AvgIpc) is 3.11. The molecule has 0 bridgehead atoms. The van der Waals surface area contributed by atoms with E-state index in [1.54, 1.807) is 0 Å². The van der Waals surface area contributed by atoms with Gasteiger partial charge in [0.1, 0.15) is 5.75 Å². The van der Waals surface area contributed by atoms with Gasteiger partial charge in [0.05, 0.1) is 24.4 Å². The molecule has 0 saturated heterocycles. The molecule has 0 saturated carbocycles. The van der Waals surface area contributed by atoms with Crippen molar-refractivity contribution < 1.29 is 14.3 Å². The zero-order chi connectivity index (χ0) is 21.7. The van der Waals surface area contributed by atoms with Gasteiger partial charge in [-0.15, -0.1) is 0 Å². The Morgan fingerprint density at radius 1 is 1.17 bits per heavy atom. The molecule has 30 heavy (non-hydrogen) atoms. The molecule has 0 aliphatic carbocycles. The third-order valence-electron chi connectivity index (χ3n) is 5.23. The summed E-state index contributed by atoms with van der Waals surface area (Å²) in [6, 6.07) is 12.6. The lowest BCUT2D eigenvalue weighted by molar-refractivity contribution is -0.139. The van der Waals surface area contributed by atoms with Crippen LogP contribution in [0.2, 0.25) is 0 Å². The Kier molecular flexibility index (Phi) is 6.93. The fraction of sp³-hybridized carbons (Fsp3) is 0.360. The Labute approximate surface area is 178 Å². The van der Waals surface area contributed by atoms with Crippen LogP contribution in [0.3, 0.4) is 0 Å². The monoisotopic (exact) mass is 406 g/mol. The van der Waals surface area contributed by atoms with E-state index in [4.69, 9.17) is 14.5 Å². The molecule has 0 amide bonds. The maximum absolute atomic E-state index is 11.2. The van der Waals surface area contributed by atoms with Gasteiger partial charge in [0, 0.05) is 47.4 Å². The predicted molar refractivity (Wildman–Crippen MR) is 121 cm³/mol. The second-order valence-corrected chi connectivity index (χ2v) is 7.56. The molecule has 0 N–H and O–H groups in total. The van der Waals surface area contributed by atoms with Crippen LogP contribution >= 0.6 is 0 Å². The van der Waals surface area contributed by atoms with Crippen LogP contribution in [0.4, 0.5) is 0 Å². The van der Waals surface area contributed by atoms with E-state index in [0.717, 1.165) is 46.6 Å². The smallest absolute Gasteiger partial charge is 0.330 e. The zero-order valence-corrected chi connectivity index (χ0v) is 18.3. The zero-order valence-electron chi connectivity index (χ0n) is 18.3. The summed E-state index contributed by atoms with van der Waals surface area (Å²) in [5.41, 5.74) is 5.68. The van der Waals surface area contributed by atoms with Crippen LogP contribution in [0.1, 0.15) is 32.2 Å². The van der Waals surface area contributed by atoms with Crippen molar-refractivity contribution in [2.24, 2.45) is 13.0 Å². The van der Waals surface area contributed by atoms with Gasteiger partial charge < -0.3 is 14.0 Å². The number of carbonyl (C=O) groups excluding carboxylic acids is 1. The Hall–Kier alpha value is -3.08. The van der Waals surface area contributed by atoms with Gasteiger partial charge in [0.15, 0.2) is 0 Å². The first-order valence-electron chi connectivity index (χ1n) is 10.5. The molecular weight excluding hydrogens is 376 g/mol. The largest absolute Gasteiger partial charge is 0.493 e. The molecule has 3 rings (SSSR count). The molecule has 0 radical (unpaired) electrons. The molecule has 0 aliphatic rings. The first-order valence-corrected chi connectivity index (χ1v) is 10.5. The number of carbonyl (C=O) groups is 1. The van der Waals surface area contributed by atoms with Gasteiger partial charge in [-0.3, -0.25) is 4.98 Å². The Morgan fingerprint density at radius 3 is 2.67 bits per heavy atom. The minimum absolute atomic E-state index is 0.0869. The predicted octanol–water partition coefficient (Wildman–Crippen LogP) is 5.11. The summed E-state index contributed by atoms with van der Waals surface area (Å²) in [6.07, 6.45) is 3.01. The number of benzene rings is 1. The van der Waals surface area contributed by atoms with Gasteiger partial charge in [0.2, 0.25) is 0 Å². The fourth-order valence-corrected chi connectivity index (χ4v) is 3.47. The number of hydrogen-bond acceptors (Lipinski definition) is 4. The normalized spacial score (nSPS) is 12.0. The average molecular weight is 407 g/mol. The van der Waals surface area contributed by atoms with Crippen LogP contribution in [-0.2, 0) is 29.4 Å². The number of pyridine rings is 1. The van der Waals surface area contributed by atoms with E-state index in [1.807, 2.05) is 13.0 Å². The van der Waals surface area contributed by atoms with Crippen molar-refractivity contribution in [1.29, 1.82) is 0 Å². The van der Waals surface area contributed by atoms with Crippen LogP contribution in [-0.4, -0.2) is 28.7 Å². The number of hydrogen-bond donors (Lipinski definition) is 0. The maximum atomic E-state index is 11.2. The molecule has 5 nitrogen and oxygen atoms in total. The summed E-state index contributed by atoms with van der Waals surface area (Å²) >= 11 is 0. The summed E-state index contributed by atoms with van der Waals surface area (Å²) in [5.74, 6) is 0.476. The minimum Gasteiger partial charge on any atom is -0.493 e. The summed E-state index contributed by atoms with van der Waals surface area (Å²) in [7, 11) is 2.08. The van der Waals surface area contributed by atoms with Crippen molar-refractivity contribution in [3.63, 3.8) is 0 Å². The summed E-state index contributed by atoms with van der Waals surface area (Å²) in [5, 5.41) is 1.16. The van der Waals surface area contributed by atoms with Crippen molar-refractivity contribution in [3.05, 3.63) is 60.4 Å². The molecule has 158 valence electrons. The number of rotatable bonds is 9. The first-order chi connectivity index (χ1) is 14.5. The maximum Gasteiger partial charge on any atom is 0.330 e. The number of aromatic nitrogens is 2. The molecule has 5 heteroatoms. The van der Waals surface area contributed by atoms with Crippen LogP contribution in [0.25, 0.3) is 22.2 Å². The summed E-state index contributed by atoms with van der Waals surface area (Å²) < 4.78 is 13.2. The fourth-order valence-electron chi connectivity index (χ4n) is 3.47. The molecule has 0 spiro atoms.